The first-order chi connectivity index (χ1) is 12.7. The first-order valence-corrected chi connectivity index (χ1v) is 9.31. The Kier molecular flexibility index (Phi) is 6.17. The molecule has 6 nitrogen and oxygen atoms in total. The number of carbonyl (C=O) groups is 1. The SMILES string of the molecule is CCCNC(=O)c1cc(C)nc(N2CCN(Cc3ccccc3)CC2)n1. The second-order valence-corrected chi connectivity index (χ2v) is 6.70. The van der Waals surface area contributed by atoms with E-state index in [0.717, 1.165) is 44.8 Å². The van der Waals surface area contributed by atoms with E-state index in [-0.39, 0.29) is 5.91 Å². The van der Waals surface area contributed by atoms with Crippen LogP contribution in [0.4, 0.5) is 5.95 Å². The van der Waals surface area contributed by atoms with Crippen molar-refractivity contribution < 1.29 is 4.79 Å². The van der Waals surface area contributed by atoms with Crippen molar-refractivity contribution in [3.05, 3.63) is 53.3 Å². The lowest BCUT2D eigenvalue weighted by Gasteiger charge is -2.34. The van der Waals surface area contributed by atoms with Gasteiger partial charge in [0.05, 0.1) is 0 Å². The average Bonchev–Trinajstić information content (AvgIpc) is 2.67. The van der Waals surface area contributed by atoms with E-state index in [1.807, 2.05) is 19.9 Å². The lowest BCUT2D eigenvalue weighted by atomic mass is 10.2. The van der Waals surface area contributed by atoms with E-state index < -0.39 is 0 Å². The van der Waals surface area contributed by atoms with Crippen molar-refractivity contribution >= 4 is 11.9 Å². The highest BCUT2D eigenvalue weighted by Crippen LogP contribution is 2.15. The molecule has 0 unspecified atom stereocenters. The van der Waals surface area contributed by atoms with Gasteiger partial charge < -0.3 is 10.2 Å². The molecule has 1 N–H and O–H groups in total. The fourth-order valence-corrected chi connectivity index (χ4v) is 3.09. The number of anilines is 1. The number of aryl methyl sites for hydroxylation is 1. The predicted octanol–water partition coefficient (Wildman–Crippen LogP) is 2.25. The third-order valence-corrected chi connectivity index (χ3v) is 4.51. The Morgan fingerprint density at radius 3 is 2.54 bits per heavy atom. The topological polar surface area (TPSA) is 61.4 Å². The number of hydrogen-bond donors (Lipinski definition) is 1. The number of rotatable bonds is 6. The molecule has 3 rings (SSSR count). The molecule has 1 fully saturated rings. The van der Waals surface area contributed by atoms with Gasteiger partial charge in [0.25, 0.3) is 5.91 Å². The molecule has 2 aromatic rings. The monoisotopic (exact) mass is 353 g/mol. The number of amides is 1. The first-order valence-electron chi connectivity index (χ1n) is 9.31. The third kappa shape index (κ3) is 4.79. The van der Waals surface area contributed by atoms with Gasteiger partial charge in [-0.05, 0) is 25.0 Å². The van der Waals surface area contributed by atoms with Crippen molar-refractivity contribution in [2.45, 2.75) is 26.8 Å². The molecule has 0 saturated carbocycles. The summed E-state index contributed by atoms with van der Waals surface area (Å²) in [6.45, 7) is 9.23. The van der Waals surface area contributed by atoms with Crippen molar-refractivity contribution in [2.24, 2.45) is 0 Å². The van der Waals surface area contributed by atoms with Crippen molar-refractivity contribution in [3.8, 4) is 0 Å². The van der Waals surface area contributed by atoms with Gasteiger partial charge in [0, 0.05) is 45.0 Å². The molecule has 26 heavy (non-hydrogen) atoms. The lowest BCUT2D eigenvalue weighted by Crippen LogP contribution is -2.46. The highest BCUT2D eigenvalue weighted by atomic mass is 16.1. The largest absolute Gasteiger partial charge is 0.351 e. The zero-order valence-corrected chi connectivity index (χ0v) is 15.6. The standard InChI is InChI=1S/C20H27N5O/c1-3-9-21-19(26)18-14-16(2)22-20(23-18)25-12-10-24(11-13-25)15-17-7-5-4-6-8-17/h4-8,14H,3,9-13,15H2,1-2H3,(H,21,26). The van der Waals surface area contributed by atoms with Crippen LogP contribution in [0, 0.1) is 6.92 Å². The van der Waals surface area contributed by atoms with Crippen LogP contribution in [0.2, 0.25) is 0 Å². The molecule has 0 spiro atoms. The predicted molar refractivity (Wildman–Crippen MR) is 103 cm³/mol. The molecule has 0 atom stereocenters. The summed E-state index contributed by atoms with van der Waals surface area (Å²) in [7, 11) is 0. The zero-order valence-electron chi connectivity index (χ0n) is 15.6. The molecule has 1 aromatic carbocycles. The maximum Gasteiger partial charge on any atom is 0.270 e. The highest BCUT2D eigenvalue weighted by Gasteiger charge is 2.20. The summed E-state index contributed by atoms with van der Waals surface area (Å²) in [5.74, 6) is 0.535. The molecule has 1 saturated heterocycles. The normalized spacial score (nSPS) is 15.1. The maximum absolute atomic E-state index is 12.2. The number of benzene rings is 1. The van der Waals surface area contributed by atoms with Crippen LogP contribution in [-0.4, -0.2) is 53.5 Å². The summed E-state index contributed by atoms with van der Waals surface area (Å²) in [4.78, 5) is 25.9. The van der Waals surface area contributed by atoms with Gasteiger partial charge >= 0.3 is 0 Å². The fraction of sp³-hybridized carbons (Fsp3) is 0.450. The van der Waals surface area contributed by atoms with Crippen LogP contribution in [0.15, 0.2) is 36.4 Å². The van der Waals surface area contributed by atoms with Crippen LogP contribution in [0.25, 0.3) is 0 Å². The van der Waals surface area contributed by atoms with Gasteiger partial charge in [-0.2, -0.15) is 0 Å². The summed E-state index contributed by atoms with van der Waals surface area (Å²) in [6.07, 6.45) is 0.909. The summed E-state index contributed by atoms with van der Waals surface area (Å²) in [5, 5.41) is 2.88. The summed E-state index contributed by atoms with van der Waals surface area (Å²) in [6, 6.07) is 12.3. The Morgan fingerprint density at radius 1 is 1.12 bits per heavy atom. The van der Waals surface area contributed by atoms with Crippen LogP contribution in [0.5, 0.6) is 0 Å². The van der Waals surface area contributed by atoms with Gasteiger partial charge in [-0.1, -0.05) is 37.3 Å². The summed E-state index contributed by atoms with van der Waals surface area (Å²) in [5.41, 5.74) is 2.61. The number of carbonyl (C=O) groups excluding carboxylic acids is 1. The number of aromatic nitrogens is 2. The molecule has 0 bridgehead atoms. The Hall–Kier alpha value is -2.47. The third-order valence-electron chi connectivity index (χ3n) is 4.51. The minimum atomic E-state index is -0.124. The van der Waals surface area contributed by atoms with Crippen molar-refractivity contribution in [2.75, 3.05) is 37.6 Å². The molecule has 1 aliphatic rings. The molecule has 0 aliphatic carbocycles. The second kappa shape index (κ2) is 8.76. The Bertz CT molecular complexity index is 726. The number of nitrogens with one attached hydrogen (secondary N) is 1. The van der Waals surface area contributed by atoms with E-state index in [1.165, 1.54) is 5.56 Å². The smallest absolute Gasteiger partial charge is 0.270 e. The Labute approximate surface area is 155 Å². The van der Waals surface area contributed by atoms with Gasteiger partial charge in [0.15, 0.2) is 0 Å². The molecule has 138 valence electrons. The van der Waals surface area contributed by atoms with Crippen LogP contribution >= 0.6 is 0 Å². The highest BCUT2D eigenvalue weighted by molar-refractivity contribution is 5.92. The van der Waals surface area contributed by atoms with Crippen molar-refractivity contribution in [1.29, 1.82) is 0 Å². The average molecular weight is 353 g/mol. The van der Waals surface area contributed by atoms with Gasteiger partial charge in [-0.15, -0.1) is 0 Å². The van der Waals surface area contributed by atoms with E-state index in [1.54, 1.807) is 6.07 Å². The quantitative estimate of drug-likeness (QED) is 0.863. The summed E-state index contributed by atoms with van der Waals surface area (Å²) >= 11 is 0. The van der Waals surface area contributed by atoms with Crippen LogP contribution in [0.3, 0.4) is 0 Å². The summed E-state index contributed by atoms with van der Waals surface area (Å²) < 4.78 is 0. The number of hydrogen-bond acceptors (Lipinski definition) is 5. The maximum atomic E-state index is 12.2. The van der Waals surface area contributed by atoms with Crippen LogP contribution in [0.1, 0.15) is 35.1 Å². The molecule has 1 aliphatic heterocycles. The van der Waals surface area contributed by atoms with Crippen molar-refractivity contribution in [3.63, 3.8) is 0 Å². The zero-order chi connectivity index (χ0) is 18.4. The minimum absolute atomic E-state index is 0.124. The lowest BCUT2D eigenvalue weighted by molar-refractivity contribution is 0.0948. The minimum Gasteiger partial charge on any atom is -0.351 e. The van der Waals surface area contributed by atoms with Gasteiger partial charge in [0.2, 0.25) is 5.95 Å². The van der Waals surface area contributed by atoms with Gasteiger partial charge in [0.1, 0.15) is 5.69 Å². The van der Waals surface area contributed by atoms with E-state index >= 15 is 0 Å². The van der Waals surface area contributed by atoms with Gasteiger partial charge in [-0.25, -0.2) is 9.97 Å². The van der Waals surface area contributed by atoms with Crippen LogP contribution < -0.4 is 10.2 Å². The number of piperazine rings is 1. The second-order valence-electron chi connectivity index (χ2n) is 6.70. The van der Waals surface area contributed by atoms with E-state index in [2.05, 4.69) is 49.4 Å². The molecule has 1 aromatic heterocycles. The molecular weight excluding hydrogens is 326 g/mol. The Balaban J connectivity index is 1.62. The molecule has 1 amide bonds. The first kappa shape index (κ1) is 18.3. The molecule has 2 heterocycles. The molecule has 0 radical (unpaired) electrons. The Morgan fingerprint density at radius 2 is 1.85 bits per heavy atom. The van der Waals surface area contributed by atoms with E-state index in [9.17, 15) is 4.79 Å². The van der Waals surface area contributed by atoms with Crippen LogP contribution in [-0.2, 0) is 6.54 Å². The number of nitrogens with zero attached hydrogens (tertiary/aromatic N) is 4. The van der Waals surface area contributed by atoms with E-state index in [0.29, 0.717) is 18.2 Å². The molecule has 6 heteroatoms. The van der Waals surface area contributed by atoms with Gasteiger partial charge in [-0.3, -0.25) is 9.69 Å². The fourth-order valence-electron chi connectivity index (χ4n) is 3.09. The van der Waals surface area contributed by atoms with E-state index in [4.69, 9.17) is 0 Å². The molecular formula is C20H27N5O. The van der Waals surface area contributed by atoms with Crippen molar-refractivity contribution in [1.82, 2.24) is 20.2 Å².